The number of amides is 1. The Hall–Kier alpha value is -3.93. The van der Waals surface area contributed by atoms with Crippen molar-refractivity contribution in [1.82, 2.24) is 15.1 Å². The molecular formula is C28H28FN3O2. The molecule has 0 spiro atoms. The van der Waals surface area contributed by atoms with E-state index in [9.17, 15) is 9.18 Å². The molecule has 1 amide bonds. The molecule has 4 rings (SSSR count). The van der Waals surface area contributed by atoms with Crippen LogP contribution in [0.25, 0.3) is 16.9 Å². The Balaban J connectivity index is 1.52. The number of halogens is 1. The number of nitrogens with one attached hydrogen (secondary N) is 1. The van der Waals surface area contributed by atoms with Gasteiger partial charge in [-0.15, -0.1) is 0 Å². The van der Waals surface area contributed by atoms with Crippen LogP contribution in [0, 0.1) is 12.7 Å². The van der Waals surface area contributed by atoms with E-state index >= 15 is 0 Å². The third-order valence-corrected chi connectivity index (χ3v) is 5.76. The fourth-order valence-corrected chi connectivity index (χ4v) is 3.82. The van der Waals surface area contributed by atoms with E-state index in [0.717, 1.165) is 28.4 Å². The summed E-state index contributed by atoms with van der Waals surface area (Å²) in [6, 6.07) is 23.9. The Morgan fingerprint density at radius 3 is 2.47 bits per heavy atom. The second kappa shape index (κ2) is 10.3. The van der Waals surface area contributed by atoms with Crippen molar-refractivity contribution in [3.63, 3.8) is 0 Å². The Kier molecular flexibility index (Phi) is 7.07. The fraction of sp³-hybridized carbons (Fsp3) is 0.214. The molecule has 1 N–H and O–H groups in total. The average molecular weight is 458 g/mol. The number of aromatic nitrogens is 2. The van der Waals surface area contributed by atoms with Gasteiger partial charge in [-0.2, -0.15) is 5.10 Å². The topological polar surface area (TPSA) is 56.2 Å². The number of hydrogen-bond acceptors (Lipinski definition) is 3. The lowest BCUT2D eigenvalue weighted by Crippen LogP contribution is -2.26. The van der Waals surface area contributed by atoms with E-state index in [0.29, 0.717) is 18.4 Å². The summed E-state index contributed by atoms with van der Waals surface area (Å²) in [5.74, 6) is 0.383. The molecule has 6 heteroatoms. The number of carbonyl (C=O) groups excluding carboxylic acids is 1. The van der Waals surface area contributed by atoms with Crippen molar-refractivity contribution in [3.8, 4) is 22.7 Å². The molecule has 4 aromatic rings. The summed E-state index contributed by atoms with van der Waals surface area (Å²) in [6.45, 7) is 4.01. The first-order valence-corrected chi connectivity index (χ1v) is 11.3. The number of methoxy groups -OCH3 is 1. The highest BCUT2D eigenvalue weighted by atomic mass is 19.1. The SMILES string of the molecule is COc1ccc(-n2nc(CCC(=O)NC(C)c3ccc(C)cc3)cc2-c2cccc(F)c2)cc1. The average Bonchev–Trinajstić information content (AvgIpc) is 3.27. The van der Waals surface area contributed by atoms with Crippen LogP contribution in [0.5, 0.6) is 5.75 Å². The molecule has 0 radical (unpaired) electrons. The highest BCUT2D eigenvalue weighted by Gasteiger charge is 2.15. The molecule has 0 aliphatic heterocycles. The van der Waals surface area contributed by atoms with E-state index in [2.05, 4.69) is 5.32 Å². The van der Waals surface area contributed by atoms with E-state index in [1.54, 1.807) is 17.9 Å². The number of rotatable bonds is 8. The van der Waals surface area contributed by atoms with Gasteiger partial charge >= 0.3 is 0 Å². The number of hydrogen-bond donors (Lipinski definition) is 1. The summed E-state index contributed by atoms with van der Waals surface area (Å²) in [6.07, 6.45) is 0.774. The van der Waals surface area contributed by atoms with Gasteiger partial charge in [-0.05, 0) is 61.9 Å². The van der Waals surface area contributed by atoms with E-state index < -0.39 is 0 Å². The minimum absolute atomic E-state index is 0.0422. The standard InChI is InChI=1S/C28H28FN3O2/c1-19-7-9-21(10-8-19)20(2)30-28(33)16-11-24-18-27(22-5-4-6-23(29)17-22)32(31-24)25-12-14-26(34-3)15-13-25/h4-10,12-15,17-18,20H,11,16H2,1-3H3,(H,30,33). The van der Waals surface area contributed by atoms with Crippen molar-refractivity contribution in [2.24, 2.45) is 0 Å². The zero-order chi connectivity index (χ0) is 24.1. The van der Waals surface area contributed by atoms with E-state index in [1.807, 2.05) is 74.5 Å². The molecular weight excluding hydrogens is 429 g/mol. The van der Waals surface area contributed by atoms with Gasteiger partial charge in [0.15, 0.2) is 0 Å². The van der Waals surface area contributed by atoms with Crippen LogP contribution in [0.3, 0.4) is 0 Å². The molecule has 5 nitrogen and oxygen atoms in total. The molecule has 1 atom stereocenters. The van der Waals surface area contributed by atoms with Crippen LogP contribution in [0.15, 0.2) is 78.9 Å². The van der Waals surface area contributed by atoms with Gasteiger partial charge in [-0.25, -0.2) is 9.07 Å². The molecule has 1 aromatic heterocycles. The first kappa shape index (κ1) is 23.2. The van der Waals surface area contributed by atoms with Crippen LogP contribution in [-0.2, 0) is 11.2 Å². The molecule has 1 unspecified atom stereocenters. The van der Waals surface area contributed by atoms with Crippen LogP contribution in [0.4, 0.5) is 4.39 Å². The number of ether oxygens (including phenoxy) is 1. The van der Waals surface area contributed by atoms with Crippen molar-refractivity contribution in [1.29, 1.82) is 0 Å². The number of nitrogens with zero attached hydrogens (tertiary/aromatic N) is 2. The lowest BCUT2D eigenvalue weighted by atomic mass is 10.1. The van der Waals surface area contributed by atoms with Gasteiger partial charge < -0.3 is 10.1 Å². The van der Waals surface area contributed by atoms with Gasteiger partial charge in [0.05, 0.1) is 30.2 Å². The summed E-state index contributed by atoms with van der Waals surface area (Å²) in [5, 5.41) is 7.79. The highest BCUT2D eigenvalue weighted by Crippen LogP contribution is 2.26. The van der Waals surface area contributed by atoms with Crippen molar-refractivity contribution in [2.75, 3.05) is 7.11 Å². The van der Waals surface area contributed by atoms with Gasteiger partial charge in [-0.1, -0.05) is 42.0 Å². The number of benzene rings is 3. The van der Waals surface area contributed by atoms with Gasteiger partial charge in [-0.3, -0.25) is 4.79 Å². The van der Waals surface area contributed by atoms with E-state index in [1.165, 1.54) is 17.7 Å². The summed E-state index contributed by atoms with van der Waals surface area (Å²) >= 11 is 0. The Morgan fingerprint density at radius 1 is 1.06 bits per heavy atom. The molecule has 1 heterocycles. The van der Waals surface area contributed by atoms with Crippen LogP contribution in [-0.4, -0.2) is 22.8 Å². The molecule has 34 heavy (non-hydrogen) atoms. The quantitative estimate of drug-likeness (QED) is 0.364. The van der Waals surface area contributed by atoms with Crippen LogP contribution in [0.2, 0.25) is 0 Å². The lowest BCUT2D eigenvalue weighted by molar-refractivity contribution is -0.121. The first-order valence-electron chi connectivity index (χ1n) is 11.3. The van der Waals surface area contributed by atoms with E-state index in [4.69, 9.17) is 9.84 Å². The monoisotopic (exact) mass is 457 g/mol. The molecule has 0 saturated carbocycles. The molecule has 3 aromatic carbocycles. The van der Waals surface area contributed by atoms with Gasteiger partial charge in [0.1, 0.15) is 11.6 Å². The van der Waals surface area contributed by atoms with E-state index in [-0.39, 0.29) is 17.8 Å². The van der Waals surface area contributed by atoms with Crippen molar-refractivity contribution in [3.05, 3.63) is 102 Å². The molecule has 0 bridgehead atoms. The van der Waals surface area contributed by atoms with Crippen molar-refractivity contribution < 1.29 is 13.9 Å². The molecule has 0 fully saturated rings. The molecule has 174 valence electrons. The Morgan fingerprint density at radius 2 is 1.79 bits per heavy atom. The third kappa shape index (κ3) is 5.52. The van der Waals surface area contributed by atoms with Gasteiger partial charge in [0, 0.05) is 18.4 Å². The first-order chi connectivity index (χ1) is 16.4. The summed E-state index contributed by atoms with van der Waals surface area (Å²) in [7, 11) is 1.62. The second-order valence-electron chi connectivity index (χ2n) is 8.34. The maximum absolute atomic E-state index is 13.9. The fourth-order valence-electron chi connectivity index (χ4n) is 3.82. The maximum atomic E-state index is 13.9. The highest BCUT2D eigenvalue weighted by molar-refractivity contribution is 5.76. The second-order valence-corrected chi connectivity index (χ2v) is 8.34. The number of aryl methyl sites for hydroxylation is 2. The molecule has 0 aliphatic carbocycles. The van der Waals surface area contributed by atoms with Crippen LogP contribution >= 0.6 is 0 Å². The van der Waals surface area contributed by atoms with Gasteiger partial charge in [0.2, 0.25) is 5.91 Å². The normalized spacial score (nSPS) is 11.8. The number of carbonyl (C=O) groups is 1. The summed E-state index contributed by atoms with van der Waals surface area (Å²) < 4.78 is 21.0. The molecule has 0 saturated heterocycles. The Labute approximate surface area is 199 Å². The van der Waals surface area contributed by atoms with Gasteiger partial charge in [0.25, 0.3) is 0 Å². The largest absolute Gasteiger partial charge is 0.497 e. The minimum atomic E-state index is -0.314. The lowest BCUT2D eigenvalue weighted by Gasteiger charge is -2.14. The van der Waals surface area contributed by atoms with Crippen molar-refractivity contribution in [2.45, 2.75) is 32.7 Å². The van der Waals surface area contributed by atoms with Crippen LogP contribution in [0.1, 0.15) is 36.2 Å². The predicted octanol–water partition coefficient (Wildman–Crippen LogP) is 5.81. The minimum Gasteiger partial charge on any atom is -0.497 e. The Bertz CT molecular complexity index is 1260. The zero-order valence-corrected chi connectivity index (χ0v) is 19.6. The van der Waals surface area contributed by atoms with Crippen molar-refractivity contribution >= 4 is 5.91 Å². The maximum Gasteiger partial charge on any atom is 0.220 e. The zero-order valence-electron chi connectivity index (χ0n) is 19.6. The summed E-state index contributed by atoms with van der Waals surface area (Å²) in [5.41, 5.74) is 5.30. The third-order valence-electron chi connectivity index (χ3n) is 5.76. The smallest absolute Gasteiger partial charge is 0.220 e. The molecule has 0 aliphatic rings. The predicted molar refractivity (Wildman–Crippen MR) is 132 cm³/mol. The summed E-state index contributed by atoms with van der Waals surface area (Å²) in [4.78, 5) is 12.6. The van der Waals surface area contributed by atoms with Crippen LogP contribution < -0.4 is 10.1 Å².